The maximum Gasteiger partial charge on any atom is 0.270 e. The fraction of sp³-hybridized carbons (Fsp3) is 0.440. The Morgan fingerprint density at radius 2 is 1.73 bits per heavy atom. The van der Waals surface area contributed by atoms with E-state index in [0.717, 1.165) is 48.3 Å². The Kier molecular flexibility index (Phi) is 3.86. The number of benzene rings is 1. The minimum atomic E-state index is -0.147. The lowest BCUT2D eigenvalue weighted by atomic mass is 9.53. The Bertz CT molecular complexity index is 991. The van der Waals surface area contributed by atoms with E-state index >= 15 is 0 Å². The topological polar surface area (TPSA) is 68.2 Å². The van der Waals surface area contributed by atoms with E-state index in [-0.39, 0.29) is 17.6 Å². The first-order chi connectivity index (χ1) is 14.6. The molecule has 6 aliphatic rings. The highest BCUT2D eigenvalue weighted by molar-refractivity contribution is 5.95. The molecule has 0 spiro atoms. The molecule has 1 aromatic carbocycles. The summed E-state index contributed by atoms with van der Waals surface area (Å²) in [6.07, 6.45) is 15.4. The molecule has 5 nitrogen and oxygen atoms in total. The van der Waals surface area contributed by atoms with Gasteiger partial charge in [-0.25, -0.2) is 0 Å². The number of hydrogen-bond acceptors (Lipinski definition) is 4. The van der Waals surface area contributed by atoms with E-state index in [1.54, 1.807) is 0 Å². The first-order valence-corrected chi connectivity index (χ1v) is 11.1. The molecule has 1 aromatic rings. The quantitative estimate of drug-likeness (QED) is 0.812. The van der Waals surface area contributed by atoms with Crippen LogP contribution in [0.5, 0.6) is 0 Å². The van der Waals surface area contributed by atoms with Crippen LogP contribution in [0.25, 0.3) is 0 Å². The number of fused-ring (bicyclic) bond motifs is 1. The molecule has 30 heavy (non-hydrogen) atoms. The number of hydrogen-bond donors (Lipinski definition) is 2. The fourth-order valence-electron chi connectivity index (χ4n) is 6.91. The van der Waals surface area contributed by atoms with Gasteiger partial charge in [0.1, 0.15) is 11.9 Å². The number of carbonyl (C=O) groups is 1. The summed E-state index contributed by atoms with van der Waals surface area (Å²) in [7, 11) is 0. The number of nitrogens with zero attached hydrogens (tertiary/aromatic N) is 2. The molecular formula is C25H26N4O. The summed E-state index contributed by atoms with van der Waals surface area (Å²) in [6.45, 7) is 0. The molecule has 5 heteroatoms. The van der Waals surface area contributed by atoms with Gasteiger partial charge in [0.25, 0.3) is 5.91 Å². The maximum atomic E-state index is 13.5. The molecule has 1 amide bonds. The van der Waals surface area contributed by atoms with Crippen molar-refractivity contribution in [2.75, 3.05) is 0 Å². The molecule has 0 saturated heterocycles. The lowest BCUT2D eigenvalue weighted by molar-refractivity contribution is -0.123. The maximum absolute atomic E-state index is 13.5. The van der Waals surface area contributed by atoms with E-state index in [9.17, 15) is 4.79 Å². The molecule has 0 radical (unpaired) electrons. The van der Waals surface area contributed by atoms with Crippen LogP contribution in [0.2, 0.25) is 0 Å². The van der Waals surface area contributed by atoms with E-state index < -0.39 is 0 Å². The number of rotatable bonds is 3. The number of nitrogens with one attached hydrogen (secondary N) is 2. The zero-order valence-electron chi connectivity index (χ0n) is 17.0. The molecular weight excluding hydrogens is 372 g/mol. The largest absolute Gasteiger partial charge is 0.355 e. The van der Waals surface area contributed by atoms with Gasteiger partial charge in [0, 0.05) is 11.7 Å². The summed E-state index contributed by atoms with van der Waals surface area (Å²) in [5.41, 5.74) is 3.23. The summed E-state index contributed by atoms with van der Waals surface area (Å²) >= 11 is 0. The lowest BCUT2D eigenvalue weighted by Crippen LogP contribution is -2.60. The molecule has 4 saturated carbocycles. The highest BCUT2D eigenvalue weighted by Gasteiger charge is 2.52. The Labute approximate surface area is 177 Å². The van der Waals surface area contributed by atoms with E-state index in [1.807, 2.05) is 48.7 Å². The number of amides is 1. The Hall–Kier alpha value is -3.00. The van der Waals surface area contributed by atoms with Crippen LogP contribution in [0.4, 0.5) is 0 Å². The van der Waals surface area contributed by atoms with Crippen LogP contribution >= 0.6 is 0 Å². The van der Waals surface area contributed by atoms with Crippen LogP contribution < -0.4 is 10.6 Å². The van der Waals surface area contributed by atoms with Crippen molar-refractivity contribution in [2.45, 2.75) is 50.2 Å². The van der Waals surface area contributed by atoms with E-state index in [0.29, 0.717) is 11.3 Å². The van der Waals surface area contributed by atoms with E-state index in [2.05, 4.69) is 21.6 Å². The Morgan fingerprint density at radius 3 is 2.37 bits per heavy atom. The molecule has 4 aliphatic carbocycles. The van der Waals surface area contributed by atoms with Crippen molar-refractivity contribution in [3.63, 3.8) is 0 Å². The number of nitriles is 1. The third-order valence-electron chi connectivity index (χ3n) is 7.70. The van der Waals surface area contributed by atoms with Crippen molar-refractivity contribution in [2.24, 2.45) is 17.8 Å². The third-order valence-corrected chi connectivity index (χ3v) is 7.70. The minimum absolute atomic E-state index is 0.00729. The second-order valence-electron chi connectivity index (χ2n) is 9.80. The third kappa shape index (κ3) is 2.78. The van der Waals surface area contributed by atoms with Gasteiger partial charge in [-0.15, -0.1) is 0 Å². The zero-order valence-corrected chi connectivity index (χ0v) is 17.0. The molecule has 4 bridgehead atoms. The van der Waals surface area contributed by atoms with Gasteiger partial charge in [-0.2, -0.15) is 5.26 Å². The van der Waals surface area contributed by atoms with Crippen molar-refractivity contribution >= 4 is 5.91 Å². The summed E-state index contributed by atoms with van der Waals surface area (Å²) < 4.78 is 0. The van der Waals surface area contributed by atoms with Gasteiger partial charge >= 0.3 is 0 Å². The van der Waals surface area contributed by atoms with Crippen molar-refractivity contribution in [1.29, 1.82) is 5.26 Å². The Morgan fingerprint density at radius 1 is 1.07 bits per heavy atom. The summed E-state index contributed by atoms with van der Waals surface area (Å²) in [6, 6.07) is 9.74. The van der Waals surface area contributed by atoms with Crippen LogP contribution in [0, 0.1) is 29.1 Å². The van der Waals surface area contributed by atoms with Crippen molar-refractivity contribution in [1.82, 2.24) is 15.5 Å². The minimum Gasteiger partial charge on any atom is -0.355 e. The first-order valence-electron chi connectivity index (χ1n) is 11.1. The first kappa shape index (κ1) is 17.8. The van der Waals surface area contributed by atoms with Crippen LogP contribution in [-0.2, 0) is 4.79 Å². The van der Waals surface area contributed by atoms with E-state index in [4.69, 9.17) is 5.26 Å². The molecule has 2 N–H and O–H groups in total. The SMILES string of the molecule is N#Cc1ccc(C2NC(C(=O)NC34CC5CC(CC(C5)C3)C4)=C3C=CC=CN32)cc1. The fourth-order valence-corrected chi connectivity index (χ4v) is 6.91. The van der Waals surface area contributed by atoms with Crippen LogP contribution in [0.15, 0.2) is 60.1 Å². The van der Waals surface area contributed by atoms with Crippen LogP contribution in [0.3, 0.4) is 0 Å². The van der Waals surface area contributed by atoms with Gasteiger partial charge in [0.05, 0.1) is 17.3 Å². The summed E-state index contributed by atoms with van der Waals surface area (Å²) in [5, 5.41) is 16.1. The van der Waals surface area contributed by atoms with Gasteiger partial charge in [-0.1, -0.05) is 18.2 Å². The van der Waals surface area contributed by atoms with Gasteiger partial charge in [-0.05, 0) is 86.1 Å². The van der Waals surface area contributed by atoms with Crippen molar-refractivity contribution in [3.05, 3.63) is 71.2 Å². The predicted molar refractivity (Wildman–Crippen MR) is 113 cm³/mol. The summed E-state index contributed by atoms with van der Waals surface area (Å²) in [4.78, 5) is 15.6. The van der Waals surface area contributed by atoms with E-state index in [1.165, 1.54) is 19.3 Å². The molecule has 1 atom stereocenters. The van der Waals surface area contributed by atoms with Gasteiger partial charge < -0.3 is 15.5 Å². The van der Waals surface area contributed by atoms with Gasteiger partial charge in [0.15, 0.2) is 0 Å². The lowest BCUT2D eigenvalue weighted by Gasteiger charge is -2.56. The number of allylic oxidation sites excluding steroid dienone is 3. The molecule has 4 fully saturated rings. The summed E-state index contributed by atoms with van der Waals surface area (Å²) in [5.74, 6) is 2.41. The second kappa shape index (κ2) is 6.50. The van der Waals surface area contributed by atoms with Crippen LogP contribution in [0.1, 0.15) is 55.8 Å². The normalized spacial score (nSPS) is 35.2. The monoisotopic (exact) mass is 398 g/mol. The molecule has 0 aromatic heterocycles. The smallest absolute Gasteiger partial charge is 0.270 e. The van der Waals surface area contributed by atoms with Crippen molar-refractivity contribution < 1.29 is 4.79 Å². The highest BCUT2D eigenvalue weighted by atomic mass is 16.2. The predicted octanol–water partition coefficient (Wildman–Crippen LogP) is 3.84. The van der Waals surface area contributed by atoms with Crippen molar-refractivity contribution in [3.8, 4) is 6.07 Å². The molecule has 152 valence electrons. The standard InChI is InChI=1S/C25H26N4O/c26-15-16-4-6-20(7-5-16)23-27-22(21-3-1-2-8-29(21)23)24(30)28-25-12-17-9-18(13-25)11-19(10-17)14-25/h1-8,17-19,23,27H,9-14H2,(H,28,30). The molecule has 2 aliphatic heterocycles. The molecule has 7 rings (SSSR count). The van der Waals surface area contributed by atoms with Crippen LogP contribution in [-0.4, -0.2) is 16.3 Å². The highest BCUT2D eigenvalue weighted by Crippen LogP contribution is 2.55. The second-order valence-corrected chi connectivity index (χ2v) is 9.80. The van der Waals surface area contributed by atoms with Gasteiger partial charge in [0.2, 0.25) is 0 Å². The average molecular weight is 399 g/mol. The molecule has 1 unspecified atom stereocenters. The van der Waals surface area contributed by atoms with Gasteiger partial charge in [-0.3, -0.25) is 4.79 Å². The number of carbonyl (C=O) groups excluding carboxylic acids is 1. The average Bonchev–Trinajstić information content (AvgIpc) is 3.12. The Balaban J connectivity index is 1.27. The zero-order chi connectivity index (χ0) is 20.3. The molecule has 2 heterocycles.